The zero-order chi connectivity index (χ0) is 11.6. The third kappa shape index (κ3) is 3.14. The van der Waals surface area contributed by atoms with Gasteiger partial charge in [0.1, 0.15) is 0 Å². The number of rotatable bonds is 4. The number of carbonyl (C=O) groups is 2. The van der Waals surface area contributed by atoms with E-state index >= 15 is 0 Å². The molecule has 0 bridgehead atoms. The van der Waals surface area contributed by atoms with Gasteiger partial charge in [-0.1, -0.05) is 13.8 Å². The van der Waals surface area contributed by atoms with E-state index < -0.39 is 11.4 Å². The second kappa shape index (κ2) is 4.45. The topological polar surface area (TPSA) is 54.4 Å². The third-order valence-corrected chi connectivity index (χ3v) is 3.69. The van der Waals surface area contributed by atoms with Gasteiger partial charge in [-0.05, 0) is 22.0 Å². The zero-order valence-electron chi connectivity index (χ0n) is 8.41. The number of carboxylic acid groups (broad SMARTS) is 1. The molecule has 0 radical (unpaired) electrons. The first-order chi connectivity index (χ1) is 6.83. The summed E-state index contributed by atoms with van der Waals surface area (Å²) in [6, 6.07) is 1.72. The summed E-state index contributed by atoms with van der Waals surface area (Å²) in [5.74, 6) is -1.08. The van der Waals surface area contributed by atoms with Gasteiger partial charge < -0.3 is 5.11 Å². The monoisotopic (exact) mass is 290 g/mol. The number of aliphatic carboxylic acids is 1. The van der Waals surface area contributed by atoms with Crippen LogP contribution in [0.15, 0.2) is 15.9 Å². The second-order valence-corrected chi connectivity index (χ2v) is 5.74. The smallest absolute Gasteiger partial charge is 0.304 e. The average Bonchev–Trinajstić information content (AvgIpc) is 2.48. The Bertz CT molecular complexity index is 395. The van der Waals surface area contributed by atoms with E-state index in [1.54, 1.807) is 19.9 Å². The van der Waals surface area contributed by atoms with Gasteiger partial charge in [-0.2, -0.15) is 0 Å². The first kappa shape index (κ1) is 12.4. The fourth-order valence-corrected chi connectivity index (χ4v) is 2.77. The molecule has 5 heteroatoms. The Kier molecular flexibility index (Phi) is 3.67. The van der Waals surface area contributed by atoms with Gasteiger partial charge in [-0.15, -0.1) is 11.3 Å². The Morgan fingerprint density at radius 2 is 2.13 bits per heavy atom. The molecule has 3 nitrogen and oxygen atoms in total. The van der Waals surface area contributed by atoms with Crippen molar-refractivity contribution in [1.29, 1.82) is 0 Å². The lowest BCUT2D eigenvalue weighted by Gasteiger charge is -2.19. The Balaban J connectivity index is 2.88. The molecule has 0 saturated heterocycles. The molecular weight excluding hydrogens is 280 g/mol. The fraction of sp³-hybridized carbons (Fsp3) is 0.400. The molecule has 0 atom stereocenters. The van der Waals surface area contributed by atoms with Crippen LogP contribution in [0.4, 0.5) is 0 Å². The Morgan fingerprint density at radius 1 is 1.53 bits per heavy atom. The molecule has 15 heavy (non-hydrogen) atoms. The highest BCUT2D eigenvalue weighted by atomic mass is 79.9. The van der Waals surface area contributed by atoms with E-state index in [4.69, 9.17) is 5.11 Å². The van der Waals surface area contributed by atoms with Gasteiger partial charge in [-0.25, -0.2) is 0 Å². The van der Waals surface area contributed by atoms with Crippen molar-refractivity contribution in [3.63, 3.8) is 0 Å². The van der Waals surface area contributed by atoms with Gasteiger partial charge in [0.25, 0.3) is 0 Å². The minimum absolute atomic E-state index is 0.124. The van der Waals surface area contributed by atoms with Crippen molar-refractivity contribution in [3.8, 4) is 0 Å². The summed E-state index contributed by atoms with van der Waals surface area (Å²) >= 11 is 4.58. The van der Waals surface area contributed by atoms with Crippen LogP contribution >= 0.6 is 27.3 Å². The number of thiophene rings is 1. The average molecular weight is 291 g/mol. The molecule has 0 fully saturated rings. The predicted octanol–water partition coefficient (Wildman–Crippen LogP) is 3.19. The molecule has 1 aromatic heterocycles. The highest BCUT2D eigenvalue weighted by molar-refractivity contribution is 9.10. The molecule has 82 valence electrons. The first-order valence-corrected chi connectivity index (χ1v) is 6.01. The van der Waals surface area contributed by atoms with Crippen LogP contribution in [-0.4, -0.2) is 16.9 Å². The van der Waals surface area contributed by atoms with Crippen LogP contribution < -0.4 is 0 Å². The van der Waals surface area contributed by atoms with Crippen molar-refractivity contribution >= 4 is 39.0 Å². The summed E-state index contributed by atoms with van der Waals surface area (Å²) in [6.45, 7) is 3.30. The zero-order valence-corrected chi connectivity index (χ0v) is 10.8. The summed E-state index contributed by atoms with van der Waals surface area (Å²) in [5.41, 5.74) is -0.851. The normalized spacial score (nSPS) is 11.4. The van der Waals surface area contributed by atoms with E-state index in [0.717, 1.165) is 4.47 Å². The standard InChI is InChI=1S/C10H11BrO3S/c1-10(2,4-8(12)13)9(14)7-3-6(11)5-15-7/h3,5H,4H2,1-2H3,(H,12,13). The van der Waals surface area contributed by atoms with Crippen LogP contribution in [0.25, 0.3) is 0 Å². The van der Waals surface area contributed by atoms with E-state index in [0.29, 0.717) is 4.88 Å². The van der Waals surface area contributed by atoms with Crippen LogP contribution in [0.5, 0.6) is 0 Å². The molecular formula is C10H11BrO3S. The molecule has 0 aromatic carbocycles. The lowest BCUT2D eigenvalue weighted by atomic mass is 9.84. The van der Waals surface area contributed by atoms with Crippen molar-refractivity contribution in [1.82, 2.24) is 0 Å². The van der Waals surface area contributed by atoms with E-state index in [9.17, 15) is 9.59 Å². The van der Waals surface area contributed by atoms with Crippen molar-refractivity contribution in [2.45, 2.75) is 20.3 Å². The Morgan fingerprint density at radius 3 is 2.53 bits per heavy atom. The quantitative estimate of drug-likeness (QED) is 0.867. The van der Waals surface area contributed by atoms with Crippen molar-refractivity contribution in [2.75, 3.05) is 0 Å². The number of halogens is 1. The van der Waals surface area contributed by atoms with Crippen molar-refractivity contribution in [2.24, 2.45) is 5.41 Å². The number of hydrogen-bond donors (Lipinski definition) is 1. The van der Waals surface area contributed by atoms with Gasteiger partial charge in [0, 0.05) is 15.3 Å². The van der Waals surface area contributed by atoms with Gasteiger partial charge in [0.2, 0.25) is 0 Å². The Hall–Kier alpha value is -0.680. The van der Waals surface area contributed by atoms with Crippen molar-refractivity contribution < 1.29 is 14.7 Å². The number of carbonyl (C=O) groups excluding carboxylic acids is 1. The van der Waals surface area contributed by atoms with E-state index in [1.165, 1.54) is 11.3 Å². The molecule has 1 N–H and O–H groups in total. The van der Waals surface area contributed by atoms with Gasteiger partial charge in [0.15, 0.2) is 5.78 Å². The second-order valence-electron chi connectivity index (χ2n) is 3.91. The molecule has 0 aliphatic heterocycles. The van der Waals surface area contributed by atoms with E-state index in [2.05, 4.69) is 15.9 Å². The molecule has 1 heterocycles. The summed E-state index contributed by atoms with van der Waals surface area (Å²) in [4.78, 5) is 23.1. The van der Waals surface area contributed by atoms with E-state index in [-0.39, 0.29) is 12.2 Å². The van der Waals surface area contributed by atoms with Crippen LogP contribution in [-0.2, 0) is 4.79 Å². The summed E-state index contributed by atoms with van der Waals surface area (Å²) in [6.07, 6.45) is -0.151. The number of Topliss-reactive ketones (excluding diaryl/α,β-unsaturated/α-hetero) is 1. The molecule has 1 rings (SSSR count). The lowest BCUT2D eigenvalue weighted by molar-refractivity contribution is -0.138. The summed E-state index contributed by atoms with van der Waals surface area (Å²) in [5, 5.41) is 10.5. The SMILES string of the molecule is CC(C)(CC(=O)O)C(=O)c1cc(Br)cs1. The van der Waals surface area contributed by atoms with Crippen LogP contribution in [0.1, 0.15) is 29.9 Å². The molecule has 0 unspecified atom stereocenters. The van der Waals surface area contributed by atoms with Crippen molar-refractivity contribution in [3.05, 3.63) is 20.8 Å². The lowest BCUT2D eigenvalue weighted by Crippen LogP contribution is -2.26. The van der Waals surface area contributed by atoms with Gasteiger partial charge >= 0.3 is 5.97 Å². The third-order valence-electron chi connectivity index (χ3n) is 2.00. The fourth-order valence-electron chi connectivity index (χ4n) is 1.22. The van der Waals surface area contributed by atoms with Crippen LogP contribution in [0.3, 0.4) is 0 Å². The van der Waals surface area contributed by atoms with Gasteiger partial charge in [0.05, 0.1) is 11.3 Å². The summed E-state index contributed by atoms with van der Waals surface area (Å²) in [7, 11) is 0. The number of ketones is 1. The van der Waals surface area contributed by atoms with Gasteiger partial charge in [-0.3, -0.25) is 9.59 Å². The predicted molar refractivity (Wildman–Crippen MR) is 62.4 cm³/mol. The van der Waals surface area contributed by atoms with Crippen LogP contribution in [0, 0.1) is 5.41 Å². The molecule has 0 aliphatic rings. The molecule has 0 saturated carbocycles. The Labute approximate surface area is 100 Å². The molecule has 0 aliphatic carbocycles. The maximum Gasteiger partial charge on any atom is 0.304 e. The largest absolute Gasteiger partial charge is 0.481 e. The maximum atomic E-state index is 11.9. The highest BCUT2D eigenvalue weighted by Gasteiger charge is 2.32. The first-order valence-electron chi connectivity index (χ1n) is 4.33. The van der Waals surface area contributed by atoms with Crippen LogP contribution in [0.2, 0.25) is 0 Å². The number of carboxylic acids is 1. The highest BCUT2D eigenvalue weighted by Crippen LogP contribution is 2.30. The molecule has 0 amide bonds. The van der Waals surface area contributed by atoms with E-state index in [1.807, 2.05) is 5.38 Å². The minimum Gasteiger partial charge on any atom is -0.481 e. The maximum absolute atomic E-state index is 11.9. The molecule has 0 spiro atoms. The molecule has 1 aromatic rings. The number of hydrogen-bond acceptors (Lipinski definition) is 3. The summed E-state index contributed by atoms with van der Waals surface area (Å²) < 4.78 is 0.849. The minimum atomic E-state index is -0.955.